The SMILES string of the molecule is CCN(CN1C(=O)c2ccccc2S1(=O)=O)[N+](=O)[O-]. The van der Waals surface area contributed by atoms with Crippen LogP contribution in [0.15, 0.2) is 29.2 Å². The maximum Gasteiger partial charge on any atom is 0.270 e. The summed E-state index contributed by atoms with van der Waals surface area (Å²) in [4.78, 5) is 22.6. The molecular weight excluding hydrogens is 274 g/mol. The summed E-state index contributed by atoms with van der Waals surface area (Å²) in [5, 5.41) is 10.6. The van der Waals surface area contributed by atoms with Gasteiger partial charge in [0.25, 0.3) is 15.9 Å². The Bertz CT molecular complexity index is 642. The summed E-state index contributed by atoms with van der Waals surface area (Å²) in [7, 11) is -4.00. The highest BCUT2D eigenvalue weighted by Crippen LogP contribution is 2.29. The molecule has 9 heteroatoms. The van der Waals surface area contributed by atoms with Gasteiger partial charge in [-0.05, 0) is 19.1 Å². The molecule has 0 N–H and O–H groups in total. The van der Waals surface area contributed by atoms with Crippen LogP contribution in [0.3, 0.4) is 0 Å². The number of benzene rings is 1. The van der Waals surface area contributed by atoms with Crippen molar-refractivity contribution in [2.24, 2.45) is 0 Å². The summed E-state index contributed by atoms with van der Waals surface area (Å²) < 4.78 is 24.8. The van der Waals surface area contributed by atoms with Crippen molar-refractivity contribution in [3.05, 3.63) is 39.9 Å². The number of rotatable bonds is 4. The molecule has 0 saturated carbocycles. The third-order valence-electron chi connectivity index (χ3n) is 2.80. The van der Waals surface area contributed by atoms with Gasteiger partial charge in [0, 0.05) is 0 Å². The topological polar surface area (TPSA) is 101 Å². The maximum absolute atomic E-state index is 12.1. The van der Waals surface area contributed by atoms with Crippen molar-refractivity contribution < 1.29 is 18.2 Å². The molecule has 1 aliphatic rings. The van der Waals surface area contributed by atoms with Gasteiger partial charge in [0.2, 0.25) is 0 Å². The highest BCUT2D eigenvalue weighted by molar-refractivity contribution is 7.90. The molecule has 1 aliphatic heterocycles. The van der Waals surface area contributed by atoms with E-state index in [-0.39, 0.29) is 17.0 Å². The van der Waals surface area contributed by atoms with Crippen molar-refractivity contribution >= 4 is 15.9 Å². The number of fused-ring (bicyclic) bond motifs is 1. The average Bonchev–Trinajstić information content (AvgIpc) is 2.56. The van der Waals surface area contributed by atoms with Gasteiger partial charge < -0.3 is 0 Å². The fraction of sp³-hybridized carbons (Fsp3) is 0.300. The summed E-state index contributed by atoms with van der Waals surface area (Å²) in [6.45, 7) is 0.894. The fourth-order valence-corrected chi connectivity index (χ4v) is 3.31. The van der Waals surface area contributed by atoms with Crippen molar-refractivity contribution in [1.29, 1.82) is 0 Å². The number of sulfonamides is 1. The van der Waals surface area contributed by atoms with Crippen LogP contribution >= 0.6 is 0 Å². The Morgan fingerprint density at radius 2 is 2.00 bits per heavy atom. The van der Waals surface area contributed by atoms with E-state index < -0.39 is 27.6 Å². The van der Waals surface area contributed by atoms with E-state index in [2.05, 4.69) is 0 Å². The number of carbonyl (C=O) groups is 1. The van der Waals surface area contributed by atoms with Crippen LogP contribution in [0, 0.1) is 10.1 Å². The molecule has 19 heavy (non-hydrogen) atoms. The number of hydrogen-bond acceptors (Lipinski definition) is 5. The first-order valence-corrected chi connectivity index (χ1v) is 6.89. The summed E-state index contributed by atoms with van der Waals surface area (Å²) >= 11 is 0. The molecule has 0 aromatic heterocycles. The molecule has 102 valence electrons. The number of hydrogen-bond donors (Lipinski definition) is 0. The summed E-state index contributed by atoms with van der Waals surface area (Å²) in [6.07, 6.45) is 0. The molecular formula is C10H11N3O5S. The molecule has 0 aliphatic carbocycles. The van der Waals surface area contributed by atoms with Crippen LogP contribution in [0.5, 0.6) is 0 Å². The van der Waals surface area contributed by atoms with Crippen molar-refractivity contribution in [3.8, 4) is 0 Å². The first kappa shape index (κ1) is 13.3. The molecule has 1 heterocycles. The van der Waals surface area contributed by atoms with E-state index in [0.717, 1.165) is 0 Å². The highest BCUT2D eigenvalue weighted by atomic mass is 32.2. The second-order valence-electron chi connectivity index (χ2n) is 3.86. The van der Waals surface area contributed by atoms with E-state index in [9.17, 15) is 23.3 Å². The van der Waals surface area contributed by atoms with Gasteiger partial charge in [-0.3, -0.25) is 4.79 Å². The third-order valence-corrected chi connectivity index (χ3v) is 4.57. The van der Waals surface area contributed by atoms with Gasteiger partial charge in [-0.1, -0.05) is 12.1 Å². The molecule has 1 amide bonds. The molecule has 0 unspecified atom stereocenters. The van der Waals surface area contributed by atoms with E-state index >= 15 is 0 Å². The molecule has 0 saturated heterocycles. The van der Waals surface area contributed by atoms with Crippen LogP contribution in [-0.2, 0) is 10.0 Å². The molecule has 0 fully saturated rings. The molecule has 0 radical (unpaired) electrons. The Morgan fingerprint density at radius 1 is 1.37 bits per heavy atom. The van der Waals surface area contributed by atoms with E-state index in [4.69, 9.17) is 0 Å². The van der Waals surface area contributed by atoms with Crippen molar-refractivity contribution in [2.45, 2.75) is 11.8 Å². The zero-order chi connectivity index (χ0) is 14.2. The lowest BCUT2D eigenvalue weighted by Gasteiger charge is -2.19. The lowest BCUT2D eigenvalue weighted by Crippen LogP contribution is -2.43. The molecule has 0 spiro atoms. The third kappa shape index (κ3) is 2.01. The van der Waals surface area contributed by atoms with Gasteiger partial charge in [0.15, 0.2) is 11.7 Å². The number of hydrazine groups is 1. The minimum absolute atomic E-state index is 0.0113. The Hall–Kier alpha value is -2.16. The van der Waals surface area contributed by atoms with Crippen LogP contribution < -0.4 is 0 Å². The standard InChI is InChI=1S/C10H11N3O5S/c1-2-11(13(15)16)7-12-10(14)8-5-3-4-6-9(8)19(12,17)18/h3-6H,2,7H2,1H3. The highest BCUT2D eigenvalue weighted by Gasteiger charge is 2.42. The van der Waals surface area contributed by atoms with Crippen LogP contribution in [0.25, 0.3) is 0 Å². The summed E-state index contributed by atoms with van der Waals surface area (Å²) in [5.74, 6) is -0.740. The van der Waals surface area contributed by atoms with Crippen molar-refractivity contribution in [3.63, 3.8) is 0 Å². The van der Waals surface area contributed by atoms with E-state index in [1.165, 1.54) is 25.1 Å². The van der Waals surface area contributed by atoms with Gasteiger partial charge in [-0.15, -0.1) is 5.01 Å². The monoisotopic (exact) mass is 285 g/mol. The van der Waals surface area contributed by atoms with Gasteiger partial charge >= 0.3 is 0 Å². The Balaban J connectivity index is 2.41. The van der Waals surface area contributed by atoms with Gasteiger partial charge in [-0.25, -0.2) is 22.8 Å². The largest absolute Gasteiger partial charge is 0.270 e. The Kier molecular flexibility index (Phi) is 3.14. The molecule has 2 rings (SSSR count). The maximum atomic E-state index is 12.1. The molecule has 0 bridgehead atoms. The molecule has 1 aromatic carbocycles. The molecule has 0 atom stereocenters. The quantitative estimate of drug-likeness (QED) is 0.582. The van der Waals surface area contributed by atoms with Crippen LogP contribution in [-0.4, -0.2) is 41.9 Å². The summed E-state index contributed by atoms with van der Waals surface area (Å²) in [5.41, 5.74) is 0.0434. The normalized spacial score (nSPS) is 16.3. The minimum Gasteiger partial charge on any atom is -0.268 e. The molecule has 8 nitrogen and oxygen atoms in total. The zero-order valence-corrected chi connectivity index (χ0v) is 10.8. The Labute approximate surface area is 109 Å². The number of amides is 1. The minimum atomic E-state index is -4.00. The van der Waals surface area contributed by atoms with Crippen LogP contribution in [0.4, 0.5) is 0 Å². The number of carbonyl (C=O) groups excluding carboxylic acids is 1. The number of nitrogens with zero attached hydrogens (tertiary/aromatic N) is 3. The van der Waals surface area contributed by atoms with Crippen molar-refractivity contribution in [1.82, 2.24) is 9.31 Å². The predicted octanol–water partition coefficient (Wildman–Crippen LogP) is 0.302. The van der Waals surface area contributed by atoms with E-state index in [0.29, 0.717) is 9.31 Å². The Morgan fingerprint density at radius 3 is 2.53 bits per heavy atom. The van der Waals surface area contributed by atoms with Crippen LogP contribution in [0.2, 0.25) is 0 Å². The van der Waals surface area contributed by atoms with E-state index in [1.807, 2.05) is 0 Å². The number of nitro groups is 1. The smallest absolute Gasteiger partial charge is 0.268 e. The zero-order valence-electron chi connectivity index (χ0n) is 10.0. The van der Waals surface area contributed by atoms with E-state index in [1.54, 1.807) is 6.07 Å². The average molecular weight is 285 g/mol. The summed E-state index contributed by atoms with van der Waals surface area (Å²) in [6, 6.07) is 5.74. The first-order valence-electron chi connectivity index (χ1n) is 5.45. The second-order valence-corrected chi connectivity index (χ2v) is 5.69. The second kappa shape index (κ2) is 4.50. The first-order chi connectivity index (χ1) is 8.89. The van der Waals surface area contributed by atoms with Crippen LogP contribution in [0.1, 0.15) is 17.3 Å². The molecule has 1 aromatic rings. The lowest BCUT2D eigenvalue weighted by molar-refractivity contribution is -0.657. The predicted molar refractivity (Wildman–Crippen MR) is 64.0 cm³/mol. The fourth-order valence-electron chi connectivity index (χ4n) is 1.79. The van der Waals surface area contributed by atoms with Crippen molar-refractivity contribution in [2.75, 3.05) is 13.2 Å². The van der Waals surface area contributed by atoms with Gasteiger partial charge in [-0.2, -0.15) is 0 Å². The van der Waals surface area contributed by atoms with Gasteiger partial charge in [0.05, 0.1) is 12.1 Å². The van der Waals surface area contributed by atoms with Gasteiger partial charge in [0.1, 0.15) is 4.90 Å². The lowest BCUT2D eigenvalue weighted by atomic mass is 10.2.